The smallest absolute Gasteiger partial charge is 0.322 e. The Kier molecular flexibility index (Phi) is 6.54. The number of carbonyl (C=O) groups excluding carboxylic acids is 2. The number of amides is 3. The molecule has 2 aromatic rings. The number of halogens is 1. The van der Waals surface area contributed by atoms with Gasteiger partial charge in [-0.3, -0.25) is 4.79 Å². The number of anilines is 1. The van der Waals surface area contributed by atoms with E-state index in [1.165, 1.54) is 28.4 Å². The third kappa shape index (κ3) is 6.02. The Labute approximate surface area is 162 Å². The van der Waals surface area contributed by atoms with Gasteiger partial charge in [0.15, 0.2) is 0 Å². The number of para-hydroxylation sites is 1. The molecule has 0 radical (unpaired) electrons. The van der Waals surface area contributed by atoms with E-state index in [0.717, 1.165) is 0 Å². The highest BCUT2D eigenvalue weighted by molar-refractivity contribution is 7.09. The minimum Gasteiger partial charge on any atom is -0.346 e. The fourth-order valence-electron chi connectivity index (χ4n) is 2.28. The van der Waals surface area contributed by atoms with Gasteiger partial charge in [0.2, 0.25) is 0 Å². The summed E-state index contributed by atoms with van der Waals surface area (Å²) in [5.74, 6) is -0.748. The van der Waals surface area contributed by atoms with Gasteiger partial charge in [0.1, 0.15) is 16.5 Å². The Hall–Kier alpha value is -2.48. The first-order valence-corrected chi connectivity index (χ1v) is 9.54. The molecule has 0 unspecified atom stereocenters. The maximum Gasteiger partial charge on any atom is 0.322 e. The number of benzene rings is 1. The van der Waals surface area contributed by atoms with E-state index in [-0.39, 0.29) is 29.7 Å². The number of nitrogens with one attached hydrogen (secondary N) is 2. The molecule has 0 spiro atoms. The van der Waals surface area contributed by atoms with Gasteiger partial charge in [-0.05, 0) is 46.8 Å². The van der Waals surface area contributed by atoms with Crippen LogP contribution in [0.1, 0.15) is 50.1 Å². The Balaban J connectivity index is 2.09. The number of hydrogen-bond donors (Lipinski definition) is 2. The first-order chi connectivity index (χ1) is 12.6. The topological polar surface area (TPSA) is 74.3 Å². The van der Waals surface area contributed by atoms with Crippen molar-refractivity contribution < 1.29 is 14.0 Å². The Bertz CT molecular complexity index is 814. The zero-order valence-electron chi connectivity index (χ0n) is 16.2. The lowest BCUT2D eigenvalue weighted by Crippen LogP contribution is -2.41. The lowest BCUT2D eigenvalue weighted by atomic mass is 10.1. The molecule has 146 valence electrons. The Morgan fingerprint density at radius 1 is 1.26 bits per heavy atom. The van der Waals surface area contributed by atoms with Gasteiger partial charge in [0.05, 0.1) is 12.2 Å². The summed E-state index contributed by atoms with van der Waals surface area (Å²) in [7, 11) is 0. The van der Waals surface area contributed by atoms with Crippen LogP contribution in [0.3, 0.4) is 0 Å². The molecule has 8 heteroatoms. The average Bonchev–Trinajstić information content (AvgIpc) is 3.01. The summed E-state index contributed by atoms with van der Waals surface area (Å²) in [4.78, 5) is 30.7. The molecule has 0 aliphatic rings. The zero-order chi connectivity index (χ0) is 20.2. The monoisotopic (exact) mass is 392 g/mol. The molecule has 0 aliphatic carbocycles. The van der Waals surface area contributed by atoms with Crippen molar-refractivity contribution in [3.8, 4) is 0 Å². The zero-order valence-corrected chi connectivity index (χ0v) is 17.0. The number of aromatic nitrogens is 1. The first kappa shape index (κ1) is 20.8. The lowest BCUT2D eigenvalue weighted by molar-refractivity contribution is 0.0915. The fourth-order valence-corrected chi connectivity index (χ4v) is 3.05. The minimum absolute atomic E-state index is 0.123. The van der Waals surface area contributed by atoms with Crippen molar-refractivity contribution in [3.63, 3.8) is 0 Å². The number of hydrogen-bond acceptors (Lipinski definition) is 4. The summed E-state index contributed by atoms with van der Waals surface area (Å²) in [6, 6.07) is 5.45. The summed E-state index contributed by atoms with van der Waals surface area (Å²) >= 11 is 1.31. The molecule has 2 rings (SSSR count). The van der Waals surface area contributed by atoms with Gasteiger partial charge in [-0.2, -0.15) is 0 Å². The van der Waals surface area contributed by atoms with Crippen molar-refractivity contribution in [2.45, 2.75) is 52.7 Å². The van der Waals surface area contributed by atoms with E-state index in [1.807, 2.05) is 34.6 Å². The predicted octanol–water partition coefficient (Wildman–Crippen LogP) is 4.25. The van der Waals surface area contributed by atoms with Crippen LogP contribution in [-0.4, -0.2) is 33.4 Å². The molecule has 2 N–H and O–H groups in total. The van der Waals surface area contributed by atoms with Crippen LogP contribution in [0.15, 0.2) is 29.6 Å². The maximum atomic E-state index is 13.8. The van der Waals surface area contributed by atoms with Crippen LogP contribution in [0, 0.1) is 5.82 Å². The lowest BCUT2D eigenvalue weighted by Gasteiger charge is -2.26. The van der Waals surface area contributed by atoms with Crippen LogP contribution < -0.4 is 10.6 Å². The molecular formula is C19H25FN4O2S. The number of rotatable bonds is 5. The largest absolute Gasteiger partial charge is 0.346 e. The van der Waals surface area contributed by atoms with Gasteiger partial charge in [0, 0.05) is 17.0 Å². The van der Waals surface area contributed by atoms with Crippen LogP contribution in [0.5, 0.6) is 0 Å². The summed E-state index contributed by atoms with van der Waals surface area (Å²) in [5, 5.41) is 7.74. The van der Waals surface area contributed by atoms with Crippen LogP contribution >= 0.6 is 11.3 Å². The van der Waals surface area contributed by atoms with Crippen molar-refractivity contribution in [2.24, 2.45) is 0 Å². The molecule has 0 saturated carbocycles. The summed E-state index contributed by atoms with van der Waals surface area (Å²) in [6.07, 6.45) is 0. The number of nitrogens with zero attached hydrogens (tertiary/aromatic N) is 2. The predicted molar refractivity (Wildman–Crippen MR) is 105 cm³/mol. The Morgan fingerprint density at radius 3 is 2.52 bits per heavy atom. The molecule has 0 atom stereocenters. The van der Waals surface area contributed by atoms with Gasteiger partial charge in [-0.25, -0.2) is 14.2 Å². The third-order valence-corrected chi connectivity index (χ3v) is 4.41. The average molecular weight is 393 g/mol. The van der Waals surface area contributed by atoms with Crippen LogP contribution in [-0.2, 0) is 6.54 Å². The molecule has 0 bridgehead atoms. The normalized spacial score (nSPS) is 11.4. The van der Waals surface area contributed by atoms with Crippen LogP contribution in [0.25, 0.3) is 0 Å². The quantitative estimate of drug-likeness (QED) is 0.799. The minimum atomic E-state index is -0.495. The third-order valence-electron chi connectivity index (χ3n) is 3.58. The van der Waals surface area contributed by atoms with E-state index in [1.54, 1.807) is 17.5 Å². The van der Waals surface area contributed by atoms with E-state index >= 15 is 0 Å². The molecule has 0 aliphatic heterocycles. The van der Waals surface area contributed by atoms with Crippen molar-refractivity contribution in [3.05, 3.63) is 46.2 Å². The van der Waals surface area contributed by atoms with Gasteiger partial charge in [-0.1, -0.05) is 12.1 Å². The van der Waals surface area contributed by atoms with Crippen LogP contribution in [0.4, 0.5) is 14.9 Å². The standard InChI is InChI=1S/C19H25FN4O2S/c1-12(2)24(18(26)22-14-9-7-6-8-13(14)20)10-16-21-15(11-27-16)17(25)23-19(3,4)5/h6-9,11-12H,10H2,1-5H3,(H,22,26)(H,23,25). The number of thiazole rings is 1. The Morgan fingerprint density at radius 2 is 1.93 bits per heavy atom. The van der Waals surface area contributed by atoms with Crippen molar-refractivity contribution in [1.29, 1.82) is 0 Å². The highest BCUT2D eigenvalue weighted by Gasteiger charge is 2.22. The molecule has 0 saturated heterocycles. The second-order valence-electron chi connectivity index (χ2n) is 7.46. The van der Waals surface area contributed by atoms with Crippen LogP contribution in [0.2, 0.25) is 0 Å². The summed E-state index contributed by atoms with van der Waals surface area (Å²) < 4.78 is 13.8. The SMILES string of the molecule is CC(C)N(Cc1nc(C(=O)NC(C)(C)C)cs1)C(=O)Nc1ccccc1F. The maximum absolute atomic E-state index is 13.8. The molecule has 1 aromatic heterocycles. The molecule has 1 aromatic carbocycles. The summed E-state index contributed by atoms with van der Waals surface area (Å²) in [6.45, 7) is 9.64. The van der Waals surface area contributed by atoms with Crippen molar-refractivity contribution in [2.75, 3.05) is 5.32 Å². The number of urea groups is 1. The number of carbonyl (C=O) groups is 2. The fraction of sp³-hybridized carbons (Fsp3) is 0.421. The van der Waals surface area contributed by atoms with E-state index in [0.29, 0.717) is 10.7 Å². The van der Waals surface area contributed by atoms with Gasteiger partial charge < -0.3 is 15.5 Å². The van der Waals surface area contributed by atoms with Gasteiger partial charge >= 0.3 is 6.03 Å². The molecule has 3 amide bonds. The molecular weight excluding hydrogens is 367 g/mol. The molecule has 6 nitrogen and oxygen atoms in total. The van der Waals surface area contributed by atoms with Crippen molar-refractivity contribution >= 4 is 29.0 Å². The van der Waals surface area contributed by atoms with Crippen molar-refractivity contribution in [1.82, 2.24) is 15.2 Å². The van der Waals surface area contributed by atoms with E-state index in [4.69, 9.17) is 0 Å². The second-order valence-corrected chi connectivity index (χ2v) is 8.40. The highest BCUT2D eigenvalue weighted by atomic mass is 32.1. The first-order valence-electron chi connectivity index (χ1n) is 8.66. The molecule has 1 heterocycles. The van der Waals surface area contributed by atoms with E-state index < -0.39 is 11.8 Å². The van der Waals surface area contributed by atoms with E-state index in [9.17, 15) is 14.0 Å². The molecule has 0 fully saturated rings. The van der Waals surface area contributed by atoms with Gasteiger partial charge in [0.25, 0.3) is 5.91 Å². The van der Waals surface area contributed by atoms with E-state index in [2.05, 4.69) is 15.6 Å². The van der Waals surface area contributed by atoms with Gasteiger partial charge in [-0.15, -0.1) is 11.3 Å². The highest BCUT2D eigenvalue weighted by Crippen LogP contribution is 2.18. The molecule has 27 heavy (non-hydrogen) atoms. The summed E-state index contributed by atoms with van der Waals surface area (Å²) in [5.41, 5.74) is 0.0884. The second kappa shape index (κ2) is 8.47.